The molecule has 1 unspecified atom stereocenters. The van der Waals surface area contributed by atoms with E-state index in [1.165, 1.54) is 6.92 Å². The lowest BCUT2D eigenvalue weighted by Gasteiger charge is -2.18. The van der Waals surface area contributed by atoms with Crippen LogP contribution in [0.2, 0.25) is 0 Å². The predicted molar refractivity (Wildman–Crippen MR) is 86.4 cm³/mol. The standard InChI is InChI=1S/C15H23N3O2.ClH/c1-3-16-9-10-17-15(20)11-14(18-12(2)19)13-7-5-4-6-8-13;/h4-8,14,16H,3,9-11H2,1-2H3,(H,17,20)(H,18,19);1H. The van der Waals surface area contributed by atoms with Crippen LogP contribution in [-0.2, 0) is 9.59 Å². The van der Waals surface area contributed by atoms with Gasteiger partial charge in [0.25, 0.3) is 0 Å². The van der Waals surface area contributed by atoms with Crippen LogP contribution in [0, 0.1) is 0 Å². The van der Waals surface area contributed by atoms with Crippen LogP contribution in [0.1, 0.15) is 31.9 Å². The Hall–Kier alpha value is -1.59. The van der Waals surface area contributed by atoms with Crippen LogP contribution in [0.25, 0.3) is 0 Å². The number of hydrogen-bond donors (Lipinski definition) is 3. The molecule has 0 spiro atoms. The molecule has 0 aromatic heterocycles. The van der Waals surface area contributed by atoms with E-state index < -0.39 is 0 Å². The molecule has 0 radical (unpaired) electrons. The molecule has 1 aromatic carbocycles. The van der Waals surface area contributed by atoms with Gasteiger partial charge in [0.15, 0.2) is 0 Å². The Morgan fingerprint density at radius 3 is 2.38 bits per heavy atom. The molecule has 5 nitrogen and oxygen atoms in total. The minimum atomic E-state index is -0.284. The lowest BCUT2D eigenvalue weighted by molar-refractivity contribution is -0.122. The lowest BCUT2D eigenvalue weighted by atomic mass is 10.0. The molecule has 2 amide bonds. The Kier molecular flexibility index (Phi) is 10.3. The van der Waals surface area contributed by atoms with Gasteiger partial charge >= 0.3 is 0 Å². The topological polar surface area (TPSA) is 70.2 Å². The van der Waals surface area contributed by atoms with E-state index in [0.717, 1.165) is 18.7 Å². The van der Waals surface area contributed by atoms with Gasteiger partial charge in [-0.25, -0.2) is 0 Å². The third-order valence-corrected chi connectivity index (χ3v) is 2.84. The van der Waals surface area contributed by atoms with Crippen LogP contribution >= 0.6 is 12.4 Å². The summed E-state index contributed by atoms with van der Waals surface area (Å²) in [6.07, 6.45) is 0.246. The SMILES string of the molecule is CCNCCNC(=O)CC(NC(C)=O)c1ccccc1.Cl. The first-order chi connectivity index (χ1) is 9.63. The maximum absolute atomic E-state index is 11.9. The minimum absolute atomic E-state index is 0. The Bertz CT molecular complexity index is 426. The second-order valence-corrected chi connectivity index (χ2v) is 4.57. The van der Waals surface area contributed by atoms with Crippen LogP contribution in [0.15, 0.2) is 30.3 Å². The molecule has 0 saturated heterocycles. The summed E-state index contributed by atoms with van der Waals surface area (Å²) in [4.78, 5) is 23.1. The Labute approximate surface area is 132 Å². The van der Waals surface area contributed by atoms with Crippen molar-refractivity contribution in [3.05, 3.63) is 35.9 Å². The molecule has 1 rings (SSSR count). The summed E-state index contributed by atoms with van der Waals surface area (Å²) in [5.74, 6) is -0.204. The van der Waals surface area contributed by atoms with Gasteiger partial charge in [-0.05, 0) is 12.1 Å². The van der Waals surface area contributed by atoms with Gasteiger partial charge in [-0.1, -0.05) is 37.3 Å². The molecular formula is C15H24ClN3O2. The highest BCUT2D eigenvalue weighted by Gasteiger charge is 2.16. The van der Waals surface area contributed by atoms with Gasteiger partial charge in [-0.2, -0.15) is 0 Å². The van der Waals surface area contributed by atoms with Gasteiger partial charge in [-0.15, -0.1) is 12.4 Å². The third kappa shape index (κ3) is 8.32. The summed E-state index contributed by atoms with van der Waals surface area (Å²) in [5.41, 5.74) is 0.935. The molecule has 0 saturated carbocycles. The van der Waals surface area contributed by atoms with Crippen molar-refractivity contribution in [1.29, 1.82) is 0 Å². The number of hydrogen-bond acceptors (Lipinski definition) is 3. The zero-order valence-corrected chi connectivity index (χ0v) is 13.3. The summed E-state index contributed by atoms with van der Waals surface area (Å²) in [6, 6.07) is 9.23. The summed E-state index contributed by atoms with van der Waals surface area (Å²) in [7, 11) is 0. The first kappa shape index (κ1) is 19.4. The number of benzene rings is 1. The quantitative estimate of drug-likeness (QED) is 0.635. The predicted octanol–water partition coefficient (Wildman–Crippen LogP) is 1.40. The smallest absolute Gasteiger partial charge is 0.222 e. The normalized spacial score (nSPS) is 11.1. The Balaban J connectivity index is 0.00000400. The Morgan fingerprint density at radius 1 is 1.14 bits per heavy atom. The highest BCUT2D eigenvalue weighted by atomic mass is 35.5. The van der Waals surface area contributed by atoms with Gasteiger partial charge in [0.1, 0.15) is 0 Å². The number of carbonyl (C=O) groups excluding carboxylic acids is 2. The van der Waals surface area contributed by atoms with Crippen molar-refractivity contribution in [2.24, 2.45) is 0 Å². The second-order valence-electron chi connectivity index (χ2n) is 4.57. The highest BCUT2D eigenvalue weighted by Crippen LogP contribution is 2.16. The van der Waals surface area contributed by atoms with Crippen LogP contribution in [-0.4, -0.2) is 31.4 Å². The number of nitrogens with one attached hydrogen (secondary N) is 3. The van der Waals surface area contributed by atoms with E-state index in [2.05, 4.69) is 16.0 Å². The van der Waals surface area contributed by atoms with Crippen molar-refractivity contribution in [3.63, 3.8) is 0 Å². The number of carbonyl (C=O) groups is 2. The molecule has 0 bridgehead atoms. The van der Waals surface area contributed by atoms with E-state index in [1.807, 2.05) is 37.3 Å². The van der Waals surface area contributed by atoms with Crippen LogP contribution in [0.4, 0.5) is 0 Å². The zero-order chi connectivity index (χ0) is 14.8. The maximum Gasteiger partial charge on any atom is 0.222 e. The summed E-state index contributed by atoms with van der Waals surface area (Å²) < 4.78 is 0. The van der Waals surface area contributed by atoms with Gasteiger partial charge in [-0.3, -0.25) is 9.59 Å². The summed E-state index contributed by atoms with van der Waals surface area (Å²) in [5, 5.41) is 8.79. The van der Waals surface area contributed by atoms with Crippen molar-refractivity contribution < 1.29 is 9.59 Å². The molecule has 6 heteroatoms. The molecule has 1 aromatic rings. The van der Waals surface area contributed by atoms with Gasteiger partial charge in [0, 0.05) is 20.0 Å². The molecule has 0 aliphatic rings. The first-order valence-electron chi connectivity index (χ1n) is 6.93. The van der Waals surface area contributed by atoms with E-state index in [1.54, 1.807) is 0 Å². The fourth-order valence-corrected chi connectivity index (χ4v) is 1.91. The number of halogens is 1. The van der Waals surface area contributed by atoms with Gasteiger partial charge in [0.05, 0.1) is 12.5 Å². The van der Waals surface area contributed by atoms with Crippen LogP contribution < -0.4 is 16.0 Å². The van der Waals surface area contributed by atoms with Gasteiger partial charge < -0.3 is 16.0 Å². The summed E-state index contributed by atoms with van der Waals surface area (Å²) in [6.45, 7) is 5.70. The maximum atomic E-state index is 11.9. The fourth-order valence-electron chi connectivity index (χ4n) is 1.91. The van der Waals surface area contributed by atoms with Gasteiger partial charge in [0.2, 0.25) is 11.8 Å². The average molecular weight is 314 g/mol. The molecule has 0 aliphatic carbocycles. The number of likely N-dealkylation sites (N-methyl/N-ethyl adjacent to an activating group) is 1. The van der Waals surface area contributed by atoms with E-state index in [0.29, 0.717) is 6.54 Å². The number of rotatable bonds is 8. The molecule has 0 heterocycles. The van der Waals surface area contributed by atoms with E-state index in [-0.39, 0.29) is 36.7 Å². The highest BCUT2D eigenvalue weighted by molar-refractivity contribution is 5.85. The van der Waals surface area contributed by atoms with E-state index >= 15 is 0 Å². The van der Waals surface area contributed by atoms with E-state index in [4.69, 9.17) is 0 Å². The second kappa shape index (κ2) is 11.1. The largest absolute Gasteiger partial charge is 0.355 e. The number of amides is 2. The van der Waals surface area contributed by atoms with Crippen molar-refractivity contribution in [3.8, 4) is 0 Å². The fraction of sp³-hybridized carbons (Fsp3) is 0.467. The van der Waals surface area contributed by atoms with E-state index in [9.17, 15) is 9.59 Å². The molecule has 118 valence electrons. The van der Waals surface area contributed by atoms with Crippen LogP contribution in [0.3, 0.4) is 0 Å². The summed E-state index contributed by atoms with van der Waals surface area (Å²) >= 11 is 0. The molecular weight excluding hydrogens is 290 g/mol. The monoisotopic (exact) mass is 313 g/mol. The van der Waals surface area contributed by atoms with Crippen molar-refractivity contribution in [2.45, 2.75) is 26.3 Å². The van der Waals surface area contributed by atoms with Crippen molar-refractivity contribution >= 4 is 24.2 Å². The minimum Gasteiger partial charge on any atom is -0.355 e. The Morgan fingerprint density at radius 2 is 1.81 bits per heavy atom. The van der Waals surface area contributed by atoms with Crippen molar-refractivity contribution in [1.82, 2.24) is 16.0 Å². The molecule has 1 atom stereocenters. The third-order valence-electron chi connectivity index (χ3n) is 2.84. The zero-order valence-electron chi connectivity index (χ0n) is 12.5. The lowest BCUT2D eigenvalue weighted by Crippen LogP contribution is -2.35. The average Bonchev–Trinajstić information content (AvgIpc) is 2.43. The first-order valence-corrected chi connectivity index (χ1v) is 6.93. The molecule has 0 fully saturated rings. The molecule has 21 heavy (non-hydrogen) atoms. The van der Waals surface area contributed by atoms with Crippen molar-refractivity contribution in [2.75, 3.05) is 19.6 Å². The molecule has 0 aliphatic heterocycles. The molecule has 3 N–H and O–H groups in total. The van der Waals surface area contributed by atoms with Crippen LogP contribution in [0.5, 0.6) is 0 Å².